The first-order chi connectivity index (χ1) is 10.4. The molecule has 4 rings (SSSR count). The zero-order valence-electron chi connectivity index (χ0n) is 12.2. The number of aryl methyl sites for hydroxylation is 1. The van der Waals surface area contributed by atoms with E-state index in [0.717, 1.165) is 42.3 Å². The summed E-state index contributed by atoms with van der Waals surface area (Å²) in [6, 6.07) is 6.08. The molecular formula is C16H19N3O2. The average Bonchev–Trinajstić information content (AvgIpc) is 3.03. The Balaban J connectivity index is 1.83. The molecule has 5 heteroatoms. The van der Waals surface area contributed by atoms with Crippen molar-refractivity contribution in [3.63, 3.8) is 0 Å². The highest BCUT2D eigenvalue weighted by atomic mass is 16.7. The number of anilines is 1. The predicted molar refractivity (Wildman–Crippen MR) is 80.9 cm³/mol. The molecule has 21 heavy (non-hydrogen) atoms. The first kappa shape index (κ1) is 12.6. The van der Waals surface area contributed by atoms with Crippen molar-refractivity contribution >= 4 is 5.82 Å². The fourth-order valence-electron chi connectivity index (χ4n) is 3.07. The molecule has 2 aliphatic heterocycles. The quantitative estimate of drug-likeness (QED) is 0.921. The normalized spacial score (nSPS) is 16.2. The first-order valence-corrected chi connectivity index (χ1v) is 7.60. The second-order valence-electron chi connectivity index (χ2n) is 5.44. The Labute approximate surface area is 123 Å². The fraction of sp³-hybridized carbons (Fsp3) is 0.438. The van der Waals surface area contributed by atoms with Crippen molar-refractivity contribution < 1.29 is 9.47 Å². The molecule has 1 N–H and O–H groups in total. The van der Waals surface area contributed by atoms with E-state index in [1.54, 1.807) is 0 Å². The summed E-state index contributed by atoms with van der Waals surface area (Å²) >= 11 is 0. The Bertz CT molecular complexity index is 678. The molecule has 0 radical (unpaired) electrons. The van der Waals surface area contributed by atoms with Crippen molar-refractivity contribution in [2.45, 2.75) is 32.7 Å². The highest BCUT2D eigenvalue weighted by Crippen LogP contribution is 2.38. The van der Waals surface area contributed by atoms with Gasteiger partial charge in [0.15, 0.2) is 11.5 Å². The molecule has 2 aliphatic rings. The zero-order chi connectivity index (χ0) is 14.2. The lowest BCUT2D eigenvalue weighted by atomic mass is 10.0. The van der Waals surface area contributed by atoms with Gasteiger partial charge in [0.1, 0.15) is 5.82 Å². The lowest BCUT2D eigenvalue weighted by molar-refractivity contribution is 0.174. The molecule has 0 aliphatic carbocycles. The summed E-state index contributed by atoms with van der Waals surface area (Å²) in [6.45, 7) is 4.34. The van der Waals surface area contributed by atoms with E-state index in [1.165, 1.54) is 24.2 Å². The van der Waals surface area contributed by atoms with Crippen LogP contribution in [0.15, 0.2) is 18.2 Å². The summed E-state index contributed by atoms with van der Waals surface area (Å²) in [6.07, 6.45) is 3.48. The molecule has 3 heterocycles. The molecule has 1 aromatic carbocycles. The van der Waals surface area contributed by atoms with Crippen LogP contribution in [0, 0.1) is 0 Å². The van der Waals surface area contributed by atoms with Crippen LogP contribution in [0.25, 0.3) is 11.3 Å². The minimum atomic E-state index is 0.307. The van der Waals surface area contributed by atoms with Crippen molar-refractivity contribution in [2.24, 2.45) is 0 Å². The number of rotatable bonds is 2. The van der Waals surface area contributed by atoms with Crippen LogP contribution in [0.4, 0.5) is 5.82 Å². The van der Waals surface area contributed by atoms with Gasteiger partial charge in [-0.2, -0.15) is 5.10 Å². The number of nitrogens with one attached hydrogen (secondary N) is 1. The molecule has 2 aromatic rings. The van der Waals surface area contributed by atoms with Crippen molar-refractivity contribution in [2.75, 3.05) is 18.7 Å². The van der Waals surface area contributed by atoms with Crippen LogP contribution >= 0.6 is 0 Å². The van der Waals surface area contributed by atoms with Crippen molar-refractivity contribution in [3.8, 4) is 22.8 Å². The van der Waals surface area contributed by atoms with Crippen molar-refractivity contribution in [3.05, 3.63) is 23.8 Å². The highest BCUT2D eigenvalue weighted by molar-refractivity contribution is 5.72. The number of fused-ring (bicyclic) bond motifs is 2. The summed E-state index contributed by atoms with van der Waals surface area (Å²) in [4.78, 5) is 0. The minimum absolute atomic E-state index is 0.307. The number of aromatic nitrogens is 2. The van der Waals surface area contributed by atoms with Crippen LogP contribution in [-0.2, 0) is 13.0 Å². The number of benzene rings is 1. The molecule has 0 saturated heterocycles. The van der Waals surface area contributed by atoms with Gasteiger partial charge in [-0.25, -0.2) is 4.68 Å². The van der Waals surface area contributed by atoms with E-state index in [1.807, 2.05) is 12.1 Å². The van der Waals surface area contributed by atoms with Gasteiger partial charge in [0.2, 0.25) is 6.79 Å². The Kier molecular flexibility index (Phi) is 2.98. The third-order valence-electron chi connectivity index (χ3n) is 4.14. The van der Waals surface area contributed by atoms with E-state index in [4.69, 9.17) is 14.6 Å². The summed E-state index contributed by atoms with van der Waals surface area (Å²) in [7, 11) is 0. The van der Waals surface area contributed by atoms with Gasteiger partial charge < -0.3 is 14.8 Å². The summed E-state index contributed by atoms with van der Waals surface area (Å²) in [5.41, 5.74) is 3.50. The van der Waals surface area contributed by atoms with Gasteiger partial charge in [-0.3, -0.25) is 0 Å². The molecule has 0 unspecified atom stereocenters. The maximum absolute atomic E-state index is 5.49. The van der Waals surface area contributed by atoms with Crippen LogP contribution in [0.2, 0.25) is 0 Å². The summed E-state index contributed by atoms with van der Waals surface area (Å²) in [5, 5.41) is 8.34. The molecule has 5 nitrogen and oxygen atoms in total. The maximum Gasteiger partial charge on any atom is 0.231 e. The Morgan fingerprint density at radius 3 is 3.05 bits per heavy atom. The molecule has 110 valence electrons. The largest absolute Gasteiger partial charge is 0.454 e. The van der Waals surface area contributed by atoms with E-state index in [9.17, 15) is 0 Å². The van der Waals surface area contributed by atoms with Gasteiger partial charge in [-0.1, -0.05) is 0 Å². The second kappa shape index (κ2) is 4.98. The topological polar surface area (TPSA) is 48.3 Å². The smallest absolute Gasteiger partial charge is 0.231 e. The molecule has 0 bridgehead atoms. The van der Waals surface area contributed by atoms with E-state index < -0.39 is 0 Å². The highest BCUT2D eigenvalue weighted by Gasteiger charge is 2.22. The first-order valence-electron chi connectivity index (χ1n) is 7.60. The SMILES string of the molecule is CCn1nc(-c2ccc3c(c2)OCO3)c2c1NCCCC2. The number of hydrogen-bond donors (Lipinski definition) is 1. The molecule has 0 fully saturated rings. The lowest BCUT2D eigenvalue weighted by Gasteiger charge is -2.06. The van der Waals surface area contributed by atoms with Crippen LogP contribution in [-0.4, -0.2) is 23.1 Å². The Hall–Kier alpha value is -2.17. The zero-order valence-corrected chi connectivity index (χ0v) is 12.2. The third kappa shape index (κ3) is 2.04. The molecule has 0 amide bonds. The standard InChI is InChI=1S/C16H19N3O2/c1-2-19-16-12(5-3-4-8-17-16)15(18-19)11-6-7-13-14(9-11)21-10-20-13/h6-7,9,17H,2-5,8,10H2,1H3. The van der Waals surface area contributed by atoms with Crippen molar-refractivity contribution in [1.82, 2.24) is 9.78 Å². The Morgan fingerprint density at radius 1 is 1.24 bits per heavy atom. The van der Waals surface area contributed by atoms with E-state index in [2.05, 4.69) is 23.0 Å². The van der Waals surface area contributed by atoms with Gasteiger partial charge in [0, 0.05) is 24.2 Å². The van der Waals surface area contributed by atoms with E-state index in [-0.39, 0.29) is 0 Å². The monoisotopic (exact) mass is 285 g/mol. The number of hydrogen-bond acceptors (Lipinski definition) is 4. The van der Waals surface area contributed by atoms with Gasteiger partial charge in [0.05, 0.1) is 5.69 Å². The maximum atomic E-state index is 5.49. The van der Waals surface area contributed by atoms with Crippen molar-refractivity contribution in [1.29, 1.82) is 0 Å². The average molecular weight is 285 g/mol. The van der Waals surface area contributed by atoms with Gasteiger partial charge in [0.25, 0.3) is 0 Å². The lowest BCUT2D eigenvalue weighted by Crippen LogP contribution is -2.07. The number of nitrogens with zero attached hydrogens (tertiary/aromatic N) is 2. The number of ether oxygens (including phenoxy) is 2. The molecule has 0 spiro atoms. The second-order valence-corrected chi connectivity index (χ2v) is 5.44. The minimum Gasteiger partial charge on any atom is -0.454 e. The van der Waals surface area contributed by atoms with E-state index in [0.29, 0.717) is 6.79 Å². The fourth-order valence-corrected chi connectivity index (χ4v) is 3.07. The van der Waals surface area contributed by atoms with Crippen LogP contribution in [0.3, 0.4) is 0 Å². The van der Waals surface area contributed by atoms with Gasteiger partial charge in [-0.15, -0.1) is 0 Å². The predicted octanol–water partition coefficient (Wildman–Crippen LogP) is 3.05. The Morgan fingerprint density at radius 2 is 2.14 bits per heavy atom. The third-order valence-corrected chi connectivity index (χ3v) is 4.14. The van der Waals surface area contributed by atoms with Crippen LogP contribution in [0.1, 0.15) is 25.3 Å². The van der Waals surface area contributed by atoms with Crippen LogP contribution in [0.5, 0.6) is 11.5 Å². The molecular weight excluding hydrogens is 266 g/mol. The molecule has 0 saturated carbocycles. The van der Waals surface area contributed by atoms with E-state index >= 15 is 0 Å². The van der Waals surface area contributed by atoms with Gasteiger partial charge in [-0.05, 0) is 44.4 Å². The van der Waals surface area contributed by atoms with Crippen LogP contribution < -0.4 is 14.8 Å². The van der Waals surface area contributed by atoms with Gasteiger partial charge >= 0.3 is 0 Å². The molecule has 1 aromatic heterocycles. The molecule has 0 atom stereocenters. The summed E-state index contributed by atoms with van der Waals surface area (Å²) < 4.78 is 12.9. The summed E-state index contributed by atoms with van der Waals surface area (Å²) in [5.74, 6) is 2.81.